The largest absolute Gasteiger partial charge is 0.416 e. The number of hydrogen-bond acceptors (Lipinski definition) is 4. The second-order valence-corrected chi connectivity index (χ2v) is 7.36. The quantitative estimate of drug-likeness (QED) is 0.630. The minimum Gasteiger partial charge on any atom is -0.312 e. The van der Waals surface area contributed by atoms with Crippen LogP contribution in [-0.2, 0) is 18.0 Å². The summed E-state index contributed by atoms with van der Waals surface area (Å²) in [5, 5.41) is 3.21. The van der Waals surface area contributed by atoms with Gasteiger partial charge in [0, 0.05) is 25.1 Å². The maximum Gasteiger partial charge on any atom is 0.416 e. The SMILES string of the molecule is CCCSc1nc(=O)c2c(n1C)NC(=O)CC2c1ccc(C(F)(F)F)cc1. The topological polar surface area (TPSA) is 64.0 Å². The Bertz CT molecular complexity index is 923. The van der Waals surface area contributed by atoms with Crippen LogP contribution in [0.2, 0.25) is 0 Å². The molecule has 1 aromatic carbocycles. The predicted molar refractivity (Wildman–Crippen MR) is 97.0 cm³/mol. The molecule has 0 saturated carbocycles. The van der Waals surface area contributed by atoms with Crippen molar-refractivity contribution < 1.29 is 18.0 Å². The van der Waals surface area contributed by atoms with E-state index >= 15 is 0 Å². The maximum atomic E-state index is 12.8. The number of anilines is 1. The van der Waals surface area contributed by atoms with Crippen LogP contribution in [0.3, 0.4) is 0 Å². The van der Waals surface area contributed by atoms with Crippen molar-refractivity contribution in [2.45, 2.75) is 37.0 Å². The summed E-state index contributed by atoms with van der Waals surface area (Å²) in [5.74, 6) is 0.206. The highest BCUT2D eigenvalue weighted by Gasteiger charge is 2.34. The van der Waals surface area contributed by atoms with E-state index in [1.54, 1.807) is 11.6 Å². The van der Waals surface area contributed by atoms with Crippen molar-refractivity contribution in [3.05, 3.63) is 51.3 Å². The molecular weight excluding hydrogens is 379 g/mol. The van der Waals surface area contributed by atoms with E-state index in [2.05, 4.69) is 10.3 Å². The first kappa shape index (κ1) is 19.5. The van der Waals surface area contributed by atoms with Crippen molar-refractivity contribution in [1.29, 1.82) is 0 Å². The lowest BCUT2D eigenvalue weighted by Crippen LogP contribution is -2.33. The standard InChI is InChI=1S/C18H18F3N3O2S/c1-3-8-27-17-23-16(26)14-12(9-13(25)22-15(14)24(17)2)10-4-6-11(7-5-10)18(19,20)21/h4-7,12H,3,8-9H2,1-2H3,(H,22,25). The molecule has 1 aromatic heterocycles. The highest BCUT2D eigenvalue weighted by molar-refractivity contribution is 7.99. The summed E-state index contributed by atoms with van der Waals surface area (Å²) >= 11 is 1.41. The van der Waals surface area contributed by atoms with Gasteiger partial charge in [0.05, 0.1) is 11.1 Å². The Morgan fingerprint density at radius 2 is 1.93 bits per heavy atom. The van der Waals surface area contributed by atoms with Gasteiger partial charge in [-0.15, -0.1) is 0 Å². The number of aromatic nitrogens is 2. The molecule has 9 heteroatoms. The number of benzene rings is 1. The average molecular weight is 397 g/mol. The number of carbonyl (C=O) groups is 1. The predicted octanol–water partition coefficient (Wildman–Crippen LogP) is 3.78. The molecule has 3 rings (SSSR count). The van der Waals surface area contributed by atoms with Crippen LogP contribution in [0, 0.1) is 0 Å². The molecule has 0 bridgehead atoms. The van der Waals surface area contributed by atoms with Crippen LogP contribution in [-0.4, -0.2) is 21.2 Å². The molecule has 1 atom stereocenters. The molecule has 2 aromatic rings. The summed E-state index contributed by atoms with van der Waals surface area (Å²) < 4.78 is 40.0. The number of hydrogen-bond donors (Lipinski definition) is 1. The van der Waals surface area contributed by atoms with Crippen LogP contribution in [0.25, 0.3) is 0 Å². The molecule has 0 fully saturated rings. The normalized spacial score (nSPS) is 16.8. The molecule has 5 nitrogen and oxygen atoms in total. The van der Waals surface area contributed by atoms with Gasteiger partial charge < -0.3 is 9.88 Å². The second kappa shape index (κ2) is 7.38. The highest BCUT2D eigenvalue weighted by atomic mass is 32.2. The average Bonchev–Trinajstić information content (AvgIpc) is 2.62. The van der Waals surface area contributed by atoms with Gasteiger partial charge in [0.1, 0.15) is 5.82 Å². The van der Waals surface area contributed by atoms with Gasteiger partial charge >= 0.3 is 6.18 Å². The van der Waals surface area contributed by atoms with Crippen LogP contribution in [0.1, 0.15) is 42.4 Å². The van der Waals surface area contributed by atoms with Gasteiger partial charge in [-0.2, -0.15) is 18.2 Å². The molecule has 27 heavy (non-hydrogen) atoms. The number of nitrogens with one attached hydrogen (secondary N) is 1. The fourth-order valence-electron chi connectivity index (χ4n) is 3.05. The van der Waals surface area contributed by atoms with Crippen LogP contribution in [0.5, 0.6) is 0 Å². The minimum atomic E-state index is -4.44. The number of fused-ring (bicyclic) bond motifs is 1. The van der Waals surface area contributed by atoms with Crippen molar-refractivity contribution in [3.63, 3.8) is 0 Å². The Kier molecular flexibility index (Phi) is 5.32. The van der Waals surface area contributed by atoms with Crippen LogP contribution in [0.15, 0.2) is 34.2 Å². The van der Waals surface area contributed by atoms with Gasteiger partial charge in [0.25, 0.3) is 5.56 Å². The third-order valence-electron chi connectivity index (χ3n) is 4.38. The van der Waals surface area contributed by atoms with Crippen molar-refractivity contribution >= 4 is 23.5 Å². The van der Waals surface area contributed by atoms with Gasteiger partial charge in [-0.1, -0.05) is 30.8 Å². The van der Waals surface area contributed by atoms with Gasteiger partial charge in [-0.05, 0) is 24.1 Å². The highest BCUT2D eigenvalue weighted by Crippen LogP contribution is 2.37. The van der Waals surface area contributed by atoms with E-state index in [0.717, 1.165) is 24.3 Å². The van der Waals surface area contributed by atoms with Crippen molar-refractivity contribution in [2.24, 2.45) is 7.05 Å². The molecule has 1 aliphatic rings. The van der Waals surface area contributed by atoms with E-state index in [-0.39, 0.29) is 12.3 Å². The van der Waals surface area contributed by atoms with Gasteiger partial charge in [-0.3, -0.25) is 9.59 Å². The zero-order valence-corrected chi connectivity index (χ0v) is 15.6. The number of carbonyl (C=O) groups excluding carboxylic acids is 1. The molecule has 0 aliphatic carbocycles. The van der Waals surface area contributed by atoms with Crippen molar-refractivity contribution in [3.8, 4) is 0 Å². The van der Waals surface area contributed by atoms with Crippen LogP contribution >= 0.6 is 11.8 Å². The first-order chi connectivity index (χ1) is 12.7. The molecule has 1 N–H and O–H groups in total. The number of thioether (sulfide) groups is 1. The van der Waals surface area contributed by atoms with Crippen molar-refractivity contribution in [1.82, 2.24) is 9.55 Å². The molecule has 2 heterocycles. The Hall–Kier alpha value is -2.29. The monoisotopic (exact) mass is 397 g/mol. The van der Waals surface area contributed by atoms with Gasteiger partial charge in [0.2, 0.25) is 5.91 Å². The molecular formula is C18H18F3N3O2S. The lowest BCUT2D eigenvalue weighted by Gasteiger charge is -2.27. The Labute approximate surface area is 158 Å². The summed E-state index contributed by atoms with van der Waals surface area (Å²) in [6.45, 7) is 2.01. The Morgan fingerprint density at radius 1 is 1.26 bits per heavy atom. The first-order valence-electron chi connectivity index (χ1n) is 8.43. The third-order valence-corrected chi connectivity index (χ3v) is 5.61. The first-order valence-corrected chi connectivity index (χ1v) is 9.41. The number of nitrogens with zero attached hydrogens (tertiary/aromatic N) is 2. The number of alkyl halides is 3. The zero-order valence-electron chi connectivity index (χ0n) is 14.8. The maximum absolute atomic E-state index is 12.8. The van der Waals surface area contributed by atoms with E-state index in [4.69, 9.17) is 0 Å². The van der Waals surface area contributed by atoms with Crippen LogP contribution in [0.4, 0.5) is 19.0 Å². The molecule has 144 valence electrons. The fraction of sp³-hybridized carbons (Fsp3) is 0.389. The summed E-state index contributed by atoms with van der Waals surface area (Å²) in [7, 11) is 1.71. The number of halogens is 3. The molecule has 0 saturated heterocycles. The minimum absolute atomic E-state index is 0.0171. The zero-order chi connectivity index (χ0) is 19.8. The lowest BCUT2D eigenvalue weighted by molar-refractivity contribution is -0.137. The summed E-state index contributed by atoms with van der Waals surface area (Å²) in [6.07, 6.45) is -3.56. The Balaban J connectivity index is 2.07. The summed E-state index contributed by atoms with van der Waals surface area (Å²) in [5.41, 5.74) is -0.458. The number of amides is 1. The fourth-order valence-corrected chi connectivity index (χ4v) is 3.87. The molecule has 1 unspecified atom stereocenters. The molecule has 0 spiro atoms. The van der Waals surface area contributed by atoms with E-state index in [1.807, 2.05) is 6.92 Å². The van der Waals surface area contributed by atoms with E-state index in [9.17, 15) is 22.8 Å². The van der Waals surface area contributed by atoms with Gasteiger partial charge in [0.15, 0.2) is 5.16 Å². The second-order valence-electron chi connectivity index (χ2n) is 6.29. The Morgan fingerprint density at radius 3 is 2.52 bits per heavy atom. The van der Waals surface area contributed by atoms with Crippen molar-refractivity contribution in [2.75, 3.05) is 11.1 Å². The molecule has 1 aliphatic heterocycles. The lowest BCUT2D eigenvalue weighted by atomic mass is 9.86. The number of rotatable bonds is 4. The summed E-state index contributed by atoms with van der Waals surface area (Å²) in [4.78, 5) is 29.0. The van der Waals surface area contributed by atoms with E-state index in [1.165, 1.54) is 23.9 Å². The third kappa shape index (κ3) is 3.87. The van der Waals surface area contributed by atoms with Crippen LogP contribution < -0.4 is 10.9 Å². The molecule has 1 amide bonds. The molecule has 0 radical (unpaired) electrons. The van der Waals surface area contributed by atoms with E-state index in [0.29, 0.717) is 22.1 Å². The van der Waals surface area contributed by atoms with Gasteiger partial charge in [-0.25, -0.2) is 0 Å². The van der Waals surface area contributed by atoms with E-state index < -0.39 is 23.2 Å². The smallest absolute Gasteiger partial charge is 0.312 e. The summed E-state index contributed by atoms with van der Waals surface area (Å²) in [6, 6.07) is 4.56.